The number of aromatic nitrogens is 1. The molecule has 34 heteroatoms. The molecular weight excluding hydrogens is 1610 g/mol. The monoisotopic (exact) mass is 1730 g/mol. The zero-order valence-electron chi connectivity index (χ0n) is 71.6. The minimum atomic E-state index is -4.61. The van der Waals surface area contributed by atoms with Gasteiger partial charge in [-0.2, -0.15) is 4.72 Å². The maximum atomic E-state index is 14.7. The zero-order chi connectivity index (χ0) is 89.6. The molecule has 3 aromatic carbocycles. The lowest BCUT2D eigenvalue weighted by Gasteiger charge is -2.58. The van der Waals surface area contributed by atoms with Crippen LogP contribution >= 0.6 is 0 Å². The number of allylic oxidation sites excluding steroid dienone is 1. The van der Waals surface area contributed by atoms with Crippen molar-refractivity contribution in [1.82, 2.24) is 57.6 Å². The number of sulfonamides is 1. The van der Waals surface area contributed by atoms with E-state index in [4.69, 9.17) is 15.2 Å². The van der Waals surface area contributed by atoms with Crippen molar-refractivity contribution in [3.63, 3.8) is 0 Å². The fourth-order valence-corrected chi connectivity index (χ4v) is 19.8. The molecule has 16 N–H and O–H groups in total. The first-order valence-corrected chi connectivity index (χ1v) is 44.9. The molecule has 4 aromatic rings. The summed E-state index contributed by atoms with van der Waals surface area (Å²) >= 11 is 0. The number of para-hydroxylation sites is 1. The van der Waals surface area contributed by atoms with E-state index in [1.807, 2.05) is 4.72 Å². The average Bonchev–Trinajstić information content (AvgIpc) is 1.66. The van der Waals surface area contributed by atoms with Crippen LogP contribution in [-0.2, 0) is 85.1 Å². The molecule has 1 aromatic heterocycles. The van der Waals surface area contributed by atoms with Gasteiger partial charge in [-0.15, -0.1) is 0 Å². The van der Waals surface area contributed by atoms with Crippen molar-refractivity contribution in [3.8, 4) is 5.75 Å². The SMILES string of the molecule is COc1ccc(S(=O)(=O)NC(CC(=O)O)C(=O)NC(CCC(=O)O)C(=O)NCC(=O)NC(Cc2cccc(F)c2)C(=O)NC(Cc2c[nH]c3ccccc23)C(=O)NC(CCC(=O)O)C(=O)NCCCCCC(=O)NC(CCCCNC(=O)CCCCCNC(=O)OC2CCC3(C)C(=CCC4C3CCC3(C)C(C(C)CCCC(C)C)CCC43)C2)C(N)=O)cc1. The third kappa shape index (κ3) is 29.9. The second kappa shape index (κ2) is 47.4. The minimum Gasteiger partial charge on any atom is -0.497 e. The normalized spacial score (nSPS) is 20.7. The number of methoxy groups -OCH3 is 1. The number of hydrogen-bond donors (Lipinski definition) is 15. The number of hydrogen-bond acceptors (Lipinski definition) is 17. The largest absolute Gasteiger partial charge is 0.497 e. The molecule has 32 nitrogen and oxygen atoms in total. The van der Waals surface area contributed by atoms with Crippen LogP contribution in [0.15, 0.2) is 95.5 Å². The van der Waals surface area contributed by atoms with Crippen LogP contribution in [0.4, 0.5) is 9.18 Å². The molecule has 0 saturated heterocycles. The Kier molecular flexibility index (Phi) is 37.7. The van der Waals surface area contributed by atoms with Gasteiger partial charge in [-0.25, -0.2) is 17.6 Å². The van der Waals surface area contributed by atoms with Gasteiger partial charge in [0.15, 0.2) is 0 Å². The number of benzene rings is 3. The van der Waals surface area contributed by atoms with Crippen LogP contribution in [0.5, 0.6) is 5.75 Å². The second-order valence-corrected chi connectivity index (χ2v) is 36.2. The summed E-state index contributed by atoms with van der Waals surface area (Å²) in [5, 5.41) is 52.7. The molecule has 0 aliphatic heterocycles. The number of nitrogens with two attached hydrogens (primary N) is 1. The van der Waals surface area contributed by atoms with Crippen LogP contribution in [0.25, 0.3) is 10.9 Å². The van der Waals surface area contributed by atoms with E-state index in [0.717, 1.165) is 86.0 Å². The number of nitrogens with one attached hydrogen (secondary N) is 11. The van der Waals surface area contributed by atoms with Crippen molar-refractivity contribution in [2.24, 2.45) is 52.1 Å². The predicted molar refractivity (Wildman–Crippen MR) is 455 cm³/mol. The first-order valence-electron chi connectivity index (χ1n) is 43.4. The highest BCUT2D eigenvalue weighted by atomic mass is 32.2. The molecule has 3 saturated carbocycles. The number of ether oxygens (including phenoxy) is 2. The fraction of sp³-hybridized carbons (Fsp3) is 0.607. The molecule has 123 heavy (non-hydrogen) atoms. The van der Waals surface area contributed by atoms with E-state index in [0.29, 0.717) is 92.3 Å². The molecule has 4 aliphatic rings. The number of halogens is 1. The van der Waals surface area contributed by atoms with E-state index in [1.165, 1.54) is 81.9 Å². The smallest absolute Gasteiger partial charge is 0.407 e. The number of aliphatic carboxylic acids is 3. The van der Waals surface area contributed by atoms with Gasteiger partial charge >= 0.3 is 24.0 Å². The number of primary amides is 1. The van der Waals surface area contributed by atoms with E-state index in [1.54, 1.807) is 30.5 Å². The Bertz CT molecular complexity index is 4470. The van der Waals surface area contributed by atoms with Crippen molar-refractivity contribution < 1.29 is 99.9 Å². The first-order chi connectivity index (χ1) is 58.5. The van der Waals surface area contributed by atoms with E-state index in [-0.39, 0.29) is 54.5 Å². The maximum absolute atomic E-state index is 14.7. The van der Waals surface area contributed by atoms with Gasteiger partial charge < -0.3 is 83.4 Å². The summed E-state index contributed by atoms with van der Waals surface area (Å²) in [4.78, 5) is 174. The average molecular weight is 1740 g/mol. The van der Waals surface area contributed by atoms with E-state index < -0.39 is 173 Å². The molecule has 0 spiro atoms. The second-order valence-electron chi connectivity index (χ2n) is 34.5. The van der Waals surface area contributed by atoms with Crippen LogP contribution in [0.3, 0.4) is 0 Å². The molecule has 14 atom stereocenters. The lowest BCUT2D eigenvalue weighted by Crippen LogP contribution is -2.58. The number of amides is 10. The lowest BCUT2D eigenvalue weighted by atomic mass is 9.47. The summed E-state index contributed by atoms with van der Waals surface area (Å²) in [6.45, 7) is 12.1. The summed E-state index contributed by atoms with van der Waals surface area (Å²) in [5.41, 5.74) is 9.03. The predicted octanol–water partition coefficient (Wildman–Crippen LogP) is 8.34. The quantitative estimate of drug-likeness (QED) is 0.0146. The zero-order valence-corrected chi connectivity index (χ0v) is 72.4. The maximum Gasteiger partial charge on any atom is 0.407 e. The summed E-state index contributed by atoms with van der Waals surface area (Å²) in [6.07, 6.45) is 17.1. The number of rotatable bonds is 52. The van der Waals surface area contributed by atoms with Crippen molar-refractivity contribution >= 4 is 98.1 Å². The highest BCUT2D eigenvalue weighted by Crippen LogP contribution is 2.67. The van der Waals surface area contributed by atoms with Crippen molar-refractivity contribution in [1.29, 1.82) is 0 Å². The number of carboxylic acid groups (broad SMARTS) is 3. The van der Waals surface area contributed by atoms with Gasteiger partial charge in [-0.3, -0.25) is 57.5 Å². The van der Waals surface area contributed by atoms with Crippen molar-refractivity contribution in [2.75, 3.05) is 33.3 Å². The number of carboxylic acids is 3. The van der Waals surface area contributed by atoms with Gasteiger partial charge in [0, 0.05) is 81.7 Å². The number of H-pyrrole nitrogens is 1. The summed E-state index contributed by atoms with van der Waals surface area (Å²) < 4.78 is 54.3. The van der Waals surface area contributed by atoms with Crippen LogP contribution < -0.4 is 63.0 Å². The van der Waals surface area contributed by atoms with Gasteiger partial charge in [-0.1, -0.05) is 109 Å². The summed E-state index contributed by atoms with van der Waals surface area (Å²) in [7, 11) is -3.28. The molecule has 10 amide bonds. The lowest BCUT2D eigenvalue weighted by molar-refractivity contribution is -0.140. The number of carbonyl (C=O) groups excluding carboxylic acids is 10. The van der Waals surface area contributed by atoms with E-state index >= 15 is 0 Å². The Hall–Kier alpha value is -10.5. The molecule has 0 radical (unpaired) electrons. The molecule has 1 heterocycles. The topological polar surface area (TPSA) is 497 Å². The third-order valence-corrected chi connectivity index (χ3v) is 26.7. The Labute approximate surface area is 718 Å². The van der Waals surface area contributed by atoms with Gasteiger partial charge in [0.25, 0.3) is 0 Å². The molecule has 14 unspecified atom stereocenters. The minimum absolute atomic E-state index is 0.00209. The van der Waals surface area contributed by atoms with Gasteiger partial charge in [0.1, 0.15) is 53.9 Å². The number of alkyl carbamates (subject to hydrolysis) is 1. The van der Waals surface area contributed by atoms with E-state index in [9.17, 15) is 90.5 Å². The molecule has 8 rings (SSSR count). The van der Waals surface area contributed by atoms with Gasteiger partial charge in [-0.05, 0) is 203 Å². The fourth-order valence-electron chi connectivity index (χ4n) is 18.6. The Morgan fingerprint density at radius 3 is 1.84 bits per heavy atom. The van der Waals surface area contributed by atoms with Crippen LogP contribution in [-0.4, -0.2) is 182 Å². The number of carbonyl (C=O) groups is 13. The summed E-state index contributed by atoms with van der Waals surface area (Å²) in [6, 6.07) is 7.02. The van der Waals surface area contributed by atoms with Crippen LogP contribution in [0.1, 0.15) is 219 Å². The van der Waals surface area contributed by atoms with E-state index in [2.05, 4.69) is 93.5 Å². The molecule has 3 fully saturated rings. The number of fused-ring (bicyclic) bond motifs is 6. The molecule has 4 aliphatic carbocycles. The van der Waals surface area contributed by atoms with Gasteiger partial charge in [0.05, 0.1) is 25.0 Å². The van der Waals surface area contributed by atoms with Crippen molar-refractivity contribution in [2.45, 2.75) is 268 Å². The number of aromatic amines is 1. The van der Waals surface area contributed by atoms with Crippen LogP contribution in [0, 0.1) is 52.2 Å². The molecular formula is C89H127FN12O20S. The Balaban J connectivity index is 0.747. The molecule has 0 bridgehead atoms. The Morgan fingerprint density at radius 1 is 0.569 bits per heavy atom. The summed E-state index contributed by atoms with van der Waals surface area (Å²) in [5.74, 6) is -8.08. The standard InChI is InChI=1S/C89H127FN12O20S/c1-54(2)19-17-20-55(3)65-34-35-66-64-33-28-58-50-61(40-42-88(58,4)67(64)41-43-89(65,66)5)122-87(118)94-46-15-7-9-26-75(103)92-44-16-13-25-69(81(91)112)97-76(104)27-10-8-14-45-93-82(113)70(36-38-78(106)107)99-85(116)73(49-57-52-95-68-24-12-11-23-63(57)68)101-84(115)72(48-56-21-18-22-59(90)47-56)98-77(105)53-96-83(114)71(37-39-79(108)109)100-86(117)74(51-80(110)111)102-123(119,120)62-31-29-60(121-6)30-32-62/h11-12,18,21-24,28-32,47,52,54-55,61,64-67,69-74,95,102H,7-10,13-17,19-20,25-27,33-46,48-51,53H2,1-6H3,(H2,91,112)(H,92,103)(H,93,113)(H,94,118)(H,96,114)(H,97,104)(H,98,105)(H,99,116)(H,100,117)(H,101,115)(H,106,107)(H,108,109)(H,110,111). The third-order valence-electron chi connectivity index (χ3n) is 25.2. The molecule has 676 valence electrons. The number of unbranched alkanes of at least 4 members (excludes halogenated alkanes) is 5. The Morgan fingerprint density at radius 2 is 1.19 bits per heavy atom. The highest BCUT2D eigenvalue weighted by molar-refractivity contribution is 7.89. The van der Waals surface area contributed by atoms with Crippen LogP contribution in [0.2, 0.25) is 0 Å². The van der Waals surface area contributed by atoms with Crippen molar-refractivity contribution in [3.05, 3.63) is 108 Å². The van der Waals surface area contributed by atoms with Gasteiger partial charge in [0.2, 0.25) is 63.2 Å². The first kappa shape index (κ1) is 97.9. The highest BCUT2D eigenvalue weighted by Gasteiger charge is 2.59.